The van der Waals surface area contributed by atoms with Crippen molar-refractivity contribution in [3.05, 3.63) is 34.3 Å². The van der Waals surface area contributed by atoms with Crippen molar-refractivity contribution in [3.8, 4) is 0 Å². The summed E-state index contributed by atoms with van der Waals surface area (Å²) < 4.78 is 1.06. The van der Waals surface area contributed by atoms with E-state index in [0.717, 1.165) is 22.5 Å². The molecule has 19 heavy (non-hydrogen) atoms. The Labute approximate surface area is 122 Å². The molecule has 3 unspecified atom stereocenters. The van der Waals surface area contributed by atoms with Crippen LogP contribution in [-0.2, 0) is 11.3 Å². The highest BCUT2D eigenvalue weighted by molar-refractivity contribution is 9.10. The van der Waals surface area contributed by atoms with Crippen molar-refractivity contribution in [3.63, 3.8) is 0 Å². The smallest absolute Gasteiger partial charge is 0.237 e. The molecule has 1 amide bonds. The van der Waals surface area contributed by atoms with Gasteiger partial charge >= 0.3 is 0 Å². The molecule has 2 aliphatic rings. The third-order valence-corrected chi connectivity index (χ3v) is 4.94. The Bertz CT molecular complexity index is 460. The van der Waals surface area contributed by atoms with Gasteiger partial charge < -0.3 is 10.6 Å². The summed E-state index contributed by atoms with van der Waals surface area (Å²) in [5.41, 5.74) is 1.14. The Hall–Kier alpha value is -0.870. The molecule has 3 rings (SSSR count). The highest BCUT2D eigenvalue weighted by atomic mass is 79.9. The molecule has 2 N–H and O–H groups in total. The highest BCUT2D eigenvalue weighted by Crippen LogP contribution is 2.37. The van der Waals surface area contributed by atoms with Gasteiger partial charge in [0.25, 0.3) is 0 Å². The van der Waals surface area contributed by atoms with Crippen LogP contribution in [0.15, 0.2) is 28.7 Å². The largest absolute Gasteiger partial charge is 0.351 e. The average Bonchev–Trinajstić information content (AvgIpc) is 3.00. The normalized spacial score (nSPS) is 29.2. The standard InChI is InChI=1S/C15H19BrN2O/c16-12-6-4-10(5-7-12)8-18-15(19)14-13-3-1-2-11(13)9-17-14/h4-7,11,13-14,17H,1-3,8-9H2,(H,18,19). The molecule has 1 aliphatic heterocycles. The fourth-order valence-electron chi connectivity index (χ4n) is 3.38. The Morgan fingerprint density at radius 3 is 2.89 bits per heavy atom. The van der Waals surface area contributed by atoms with Crippen LogP contribution < -0.4 is 10.6 Å². The van der Waals surface area contributed by atoms with Gasteiger partial charge in [0, 0.05) is 11.0 Å². The lowest BCUT2D eigenvalue weighted by Gasteiger charge is -2.17. The van der Waals surface area contributed by atoms with Crippen molar-refractivity contribution in [2.45, 2.75) is 31.8 Å². The minimum absolute atomic E-state index is 0.0305. The average molecular weight is 323 g/mol. The summed E-state index contributed by atoms with van der Waals surface area (Å²) in [5, 5.41) is 6.44. The van der Waals surface area contributed by atoms with Gasteiger partial charge in [-0.2, -0.15) is 0 Å². The van der Waals surface area contributed by atoms with E-state index in [4.69, 9.17) is 0 Å². The van der Waals surface area contributed by atoms with Gasteiger partial charge in [-0.1, -0.05) is 34.5 Å². The van der Waals surface area contributed by atoms with Crippen molar-refractivity contribution in [2.24, 2.45) is 11.8 Å². The topological polar surface area (TPSA) is 41.1 Å². The number of nitrogens with one attached hydrogen (secondary N) is 2. The van der Waals surface area contributed by atoms with Gasteiger partial charge in [-0.05, 0) is 48.9 Å². The minimum Gasteiger partial charge on any atom is -0.351 e. The zero-order valence-electron chi connectivity index (χ0n) is 10.9. The number of benzene rings is 1. The maximum Gasteiger partial charge on any atom is 0.237 e. The predicted octanol–water partition coefficient (Wildman–Crippen LogP) is 2.45. The lowest BCUT2D eigenvalue weighted by Crippen LogP contribution is -2.43. The van der Waals surface area contributed by atoms with Crippen LogP contribution in [0.5, 0.6) is 0 Å². The molecule has 3 nitrogen and oxygen atoms in total. The Kier molecular flexibility index (Phi) is 3.89. The van der Waals surface area contributed by atoms with Crippen LogP contribution in [0, 0.1) is 11.8 Å². The molecule has 0 spiro atoms. The number of amides is 1. The lowest BCUT2D eigenvalue weighted by atomic mass is 9.93. The molecule has 1 aromatic rings. The molecule has 3 atom stereocenters. The second-order valence-corrected chi connectivity index (χ2v) is 6.50. The molecule has 1 saturated heterocycles. The van der Waals surface area contributed by atoms with Crippen LogP contribution >= 0.6 is 15.9 Å². The zero-order valence-corrected chi connectivity index (χ0v) is 12.4. The number of hydrogen-bond acceptors (Lipinski definition) is 2. The molecule has 1 aromatic carbocycles. The van der Waals surface area contributed by atoms with Crippen molar-refractivity contribution in [1.29, 1.82) is 0 Å². The summed E-state index contributed by atoms with van der Waals surface area (Å²) in [4.78, 5) is 12.2. The van der Waals surface area contributed by atoms with Crippen molar-refractivity contribution >= 4 is 21.8 Å². The van der Waals surface area contributed by atoms with Gasteiger partial charge in [-0.15, -0.1) is 0 Å². The van der Waals surface area contributed by atoms with E-state index in [1.807, 2.05) is 24.3 Å². The summed E-state index contributed by atoms with van der Waals surface area (Å²) in [6, 6.07) is 8.10. The maximum absolute atomic E-state index is 12.2. The fourth-order valence-corrected chi connectivity index (χ4v) is 3.64. The molecule has 1 heterocycles. The van der Waals surface area contributed by atoms with Gasteiger partial charge in [0.05, 0.1) is 6.04 Å². The molecule has 4 heteroatoms. The van der Waals surface area contributed by atoms with E-state index in [2.05, 4.69) is 26.6 Å². The highest BCUT2D eigenvalue weighted by Gasteiger charge is 2.42. The molecule has 0 bridgehead atoms. The van der Waals surface area contributed by atoms with E-state index < -0.39 is 0 Å². The lowest BCUT2D eigenvalue weighted by molar-refractivity contribution is -0.123. The Balaban J connectivity index is 1.55. The van der Waals surface area contributed by atoms with E-state index in [1.54, 1.807) is 0 Å². The molecular weight excluding hydrogens is 304 g/mol. The fraction of sp³-hybridized carbons (Fsp3) is 0.533. The monoisotopic (exact) mass is 322 g/mol. The summed E-state index contributed by atoms with van der Waals surface area (Å²) in [6.45, 7) is 1.63. The molecule has 0 aromatic heterocycles. The van der Waals surface area contributed by atoms with Crippen LogP contribution in [0.2, 0.25) is 0 Å². The maximum atomic E-state index is 12.2. The third-order valence-electron chi connectivity index (χ3n) is 4.41. The predicted molar refractivity (Wildman–Crippen MR) is 78.6 cm³/mol. The quantitative estimate of drug-likeness (QED) is 0.897. The van der Waals surface area contributed by atoms with Crippen molar-refractivity contribution in [1.82, 2.24) is 10.6 Å². The number of carbonyl (C=O) groups excluding carboxylic acids is 1. The van der Waals surface area contributed by atoms with Crippen LogP contribution in [0.4, 0.5) is 0 Å². The van der Waals surface area contributed by atoms with Crippen LogP contribution in [0.3, 0.4) is 0 Å². The van der Waals surface area contributed by atoms with Crippen LogP contribution in [-0.4, -0.2) is 18.5 Å². The van der Waals surface area contributed by atoms with E-state index in [0.29, 0.717) is 12.5 Å². The van der Waals surface area contributed by atoms with Gasteiger partial charge in [-0.25, -0.2) is 0 Å². The molecule has 1 aliphatic carbocycles. The van der Waals surface area contributed by atoms with Gasteiger partial charge in [-0.3, -0.25) is 4.79 Å². The SMILES string of the molecule is O=C(NCc1ccc(Br)cc1)C1NCC2CCCC21. The van der Waals surface area contributed by atoms with E-state index >= 15 is 0 Å². The first kappa shape index (κ1) is 13.1. The summed E-state index contributed by atoms with van der Waals surface area (Å²) in [6.07, 6.45) is 3.77. The van der Waals surface area contributed by atoms with Gasteiger partial charge in [0.2, 0.25) is 5.91 Å². The Morgan fingerprint density at radius 1 is 1.32 bits per heavy atom. The number of halogens is 1. The first-order chi connectivity index (χ1) is 9.24. The summed E-state index contributed by atoms with van der Waals surface area (Å²) in [5.74, 6) is 1.45. The number of carbonyl (C=O) groups is 1. The molecular formula is C15H19BrN2O. The number of rotatable bonds is 3. The number of fused-ring (bicyclic) bond motifs is 1. The minimum atomic E-state index is 0.0305. The molecule has 0 radical (unpaired) electrons. The zero-order chi connectivity index (χ0) is 13.2. The molecule has 1 saturated carbocycles. The second-order valence-electron chi connectivity index (χ2n) is 5.59. The van der Waals surface area contributed by atoms with Gasteiger partial charge in [0.15, 0.2) is 0 Å². The van der Waals surface area contributed by atoms with Gasteiger partial charge in [0.1, 0.15) is 0 Å². The summed E-state index contributed by atoms with van der Waals surface area (Å²) in [7, 11) is 0. The summed E-state index contributed by atoms with van der Waals surface area (Å²) >= 11 is 3.41. The van der Waals surface area contributed by atoms with Crippen LogP contribution in [0.1, 0.15) is 24.8 Å². The second kappa shape index (κ2) is 5.63. The van der Waals surface area contributed by atoms with E-state index in [-0.39, 0.29) is 11.9 Å². The van der Waals surface area contributed by atoms with E-state index in [1.165, 1.54) is 19.3 Å². The van der Waals surface area contributed by atoms with E-state index in [9.17, 15) is 4.79 Å². The first-order valence-electron chi connectivity index (χ1n) is 6.99. The third kappa shape index (κ3) is 2.84. The molecule has 102 valence electrons. The van der Waals surface area contributed by atoms with Crippen molar-refractivity contribution in [2.75, 3.05) is 6.54 Å². The number of hydrogen-bond donors (Lipinski definition) is 2. The van der Waals surface area contributed by atoms with Crippen molar-refractivity contribution < 1.29 is 4.79 Å². The van der Waals surface area contributed by atoms with Crippen LogP contribution in [0.25, 0.3) is 0 Å². The molecule has 2 fully saturated rings. The first-order valence-corrected chi connectivity index (χ1v) is 7.79. The Morgan fingerprint density at radius 2 is 2.11 bits per heavy atom.